The Morgan fingerprint density at radius 1 is 1.10 bits per heavy atom. The minimum atomic E-state index is -3.98. The highest BCUT2D eigenvalue weighted by Gasteiger charge is 2.49. The third-order valence-electron chi connectivity index (χ3n) is 7.99. The van der Waals surface area contributed by atoms with Crippen molar-refractivity contribution in [1.82, 2.24) is 10.1 Å². The SMILES string of the molecule is CCCCC1=NC2(CCCC2)C(=O)N1Cc1ccc(-c2ccccc2S(=O)(=O)Nc2noc(C)c2C)c(CCl)c1. The van der Waals surface area contributed by atoms with Crippen LogP contribution < -0.4 is 4.72 Å². The molecule has 2 aromatic carbocycles. The number of aliphatic imine (C=N–C) groups is 1. The summed E-state index contributed by atoms with van der Waals surface area (Å²) in [4.78, 5) is 20.5. The van der Waals surface area contributed by atoms with Gasteiger partial charge in [-0.05, 0) is 55.9 Å². The van der Waals surface area contributed by atoms with Crippen LogP contribution in [0.25, 0.3) is 11.1 Å². The minimum absolute atomic E-state index is 0.105. The van der Waals surface area contributed by atoms with Gasteiger partial charge in [-0.25, -0.2) is 8.42 Å². The second kappa shape index (κ2) is 11.4. The number of carbonyl (C=O) groups excluding carboxylic acids is 1. The van der Waals surface area contributed by atoms with Gasteiger partial charge in [0.25, 0.3) is 15.9 Å². The molecule has 0 bridgehead atoms. The molecule has 0 atom stereocenters. The van der Waals surface area contributed by atoms with E-state index in [2.05, 4.69) is 16.8 Å². The normalized spacial score (nSPS) is 16.6. The summed E-state index contributed by atoms with van der Waals surface area (Å²) in [6.45, 7) is 6.03. The number of alkyl halides is 1. The zero-order chi connectivity index (χ0) is 28.5. The summed E-state index contributed by atoms with van der Waals surface area (Å²) < 4.78 is 34.6. The number of hydrogen-bond acceptors (Lipinski definition) is 6. The number of nitrogens with one attached hydrogen (secondary N) is 1. The molecule has 0 saturated heterocycles. The van der Waals surface area contributed by atoms with Crippen LogP contribution in [0.3, 0.4) is 0 Å². The van der Waals surface area contributed by atoms with Crippen LogP contribution in [0.15, 0.2) is 56.9 Å². The number of aromatic nitrogens is 1. The first-order valence-corrected chi connectivity index (χ1v) is 15.8. The second-order valence-corrected chi connectivity index (χ2v) is 12.6. The average molecular weight is 583 g/mol. The van der Waals surface area contributed by atoms with Gasteiger partial charge in [0.15, 0.2) is 5.82 Å². The number of benzene rings is 2. The van der Waals surface area contributed by atoms with Crippen molar-refractivity contribution in [3.8, 4) is 11.1 Å². The molecule has 5 rings (SSSR count). The van der Waals surface area contributed by atoms with Crippen LogP contribution in [-0.4, -0.2) is 35.8 Å². The number of nitrogens with zero attached hydrogens (tertiary/aromatic N) is 3. The van der Waals surface area contributed by atoms with Gasteiger partial charge in [0.1, 0.15) is 17.1 Å². The van der Waals surface area contributed by atoms with Crippen LogP contribution in [0, 0.1) is 13.8 Å². The van der Waals surface area contributed by atoms with Gasteiger partial charge in [-0.2, -0.15) is 0 Å². The first-order chi connectivity index (χ1) is 19.2. The number of amidine groups is 1. The van der Waals surface area contributed by atoms with Gasteiger partial charge in [0, 0.05) is 23.4 Å². The molecule has 0 radical (unpaired) electrons. The Labute approximate surface area is 240 Å². The maximum absolute atomic E-state index is 13.6. The van der Waals surface area contributed by atoms with Crippen molar-refractivity contribution in [2.75, 3.05) is 4.72 Å². The van der Waals surface area contributed by atoms with Gasteiger partial charge in [-0.1, -0.05) is 67.7 Å². The number of halogens is 1. The van der Waals surface area contributed by atoms with Crippen molar-refractivity contribution >= 4 is 39.2 Å². The maximum atomic E-state index is 13.6. The summed E-state index contributed by atoms with van der Waals surface area (Å²) in [5.41, 5.74) is 3.00. The Balaban J connectivity index is 1.45. The number of amides is 1. The molecule has 1 aliphatic heterocycles. The molecule has 40 heavy (non-hydrogen) atoms. The fourth-order valence-electron chi connectivity index (χ4n) is 5.62. The standard InChI is InChI=1S/C30H35ClN4O4S/c1-4-5-12-27-32-30(15-8-9-16-30)29(36)35(27)19-22-13-14-24(23(17-22)18-31)25-10-6-7-11-26(25)40(37,38)34-28-20(2)21(3)39-33-28/h6-7,10-11,13-14,17H,4-5,8-9,12,15-16,18-19H2,1-3H3,(H,33,34). The lowest BCUT2D eigenvalue weighted by atomic mass is 9.96. The third kappa shape index (κ3) is 5.29. The maximum Gasteiger partial charge on any atom is 0.263 e. The van der Waals surface area contributed by atoms with Crippen molar-refractivity contribution in [2.24, 2.45) is 4.99 Å². The predicted molar refractivity (Wildman–Crippen MR) is 157 cm³/mol. The number of sulfonamides is 1. The van der Waals surface area contributed by atoms with Gasteiger partial charge < -0.3 is 4.52 Å². The molecular formula is C30H35ClN4O4S. The first-order valence-electron chi connectivity index (χ1n) is 13.8. The van der Waals surface area contributed by atoms with Gasteiger partial charge >= 0.3 is 0 Å². The van der Waals surface area contributed by atoms with Crippen LogP contribution in [-0.2, 0) is 27.2 Å². The van der Waals surface area contributed by atoms with E-state index in [1.165, 1.54) is 0 Å². The van der Waals surface area contributed by atoms with Crippen LogP contribution in [0.2, 0.25) is 0 Å². The van der Waals surface area contributed by atoms with E-state index in [1.807, 2.05) is 23.1 Å². The summed E-state index contributed by atoms with van der Waals surface area (Å²) in [6, 6.07) is 12.6. The molecule has 1 fully saturated rings. The Bertz CT molecular complexity index is 1560. The molecule has 1 N–H and O–H groups in total. The van der Waals surface area contributed by atoms with E-state index in [-0.39, 0.29) is 22.5 Å². The molecule has 2 aliphatic rings. The van der Waals surface area contributed by atoms with Crippen molar-refractivity contribution in [2.45, 2.75) is 88.6 Å². The van der Waals surface area contributed by atoms with Gasteiger partial charge in [-0.3, -0.25) is 19.4 Å². The first kappa shape index (κ1) is 28.4. The van der Waals surface area contributed by atoms with Gasteiger partial charge in [0.05, 0.1) is 11.4 Å². The molecule has 2 heterocycles. The van der Waals surface area contributed by atoms with E-state index in [0.717, 1.165) is 61.9 Å². The predicted octanol–water partition coefficient (Wildman–Crippen LogP) is 6.74. The molecule has 10 heteroatoms. The van der Waals surface area contributed by atoms with Crippen molar-refractivity contribution < 1.29 is 17.7 Å². The number of aryl methyl sites for hydroxylation is 1. The van der Waals surface area contributed by atoms with E-state index in [1.54, 1.807) is 38.1 Å². The Hall–Kier alpha value is -3.17. The zero-order valence-electron chi connectivity index (χ0n) is 23.2. The van der Waals surface area contributed by atoms with E-state index >= 15 is 0 Å². The summed E-state index contributed by atoms with van der Waals surface area (Å²) >= 11 is 6.42. The number of anilines is 1. The second-order valence-electron chi connectivity index (χ2n) is 10.7. The summed E-state index contributed by atoms with van der Waals surface area (Å²) in [6.07, 6.45) is 6.49. The molecule has 212 valence electrons. The smallest absolute Gasteiger partial charge is 0.263 e. The van der Waals surface area contributed by atoms with Crippen molar-refractivity contribution in [1.29, 1.82) is 0 Å². The minimum Gasteiger partial charge on any atom is -0.359 e. The molecule has 1 saturated carbocycles. The summed E-state index contributed by atoms with van der Waals surface area (Å²) in [5.74, 6) is 1.88. The lowest BCUT2D eigenvalue weighted by Crippen LogP contribution is -2.40. The zero-order valence-corrected chi connectivity index (χ0v) is 24.7. The molecule has 1 aromatic heterocycles. The fraction of sp³-hybridized carbons (Fsp3) is 0.433. The molecular weight excluding hydrogens is 548 g/mol. The number of rotatable bonds is 10. The third-order valence-corrected chi connectivity index (χ3v) is 9.68. The Morgan fingerprint density at radius 3 is 2.52 bits per heavy atom. The van der Waals surface area contributed by atoms with Crippen LogP contribution in [0.4, 0.5) is 5.82 Å². The van der Waals surface area contributed by atoms with Gasteiger partial charge in [0.2, 0.25) is 0 Å². The molecule has 1 amide bonds. The molecule has 0 unspecified atom stereocenters. The Kier molecular flexibility index (Phi) is 8.06. The van der Waals surface area contributed by atoms with E-state index in [9.17, 15) is 13.2 Å². The van der Waals surface area contributed by atoms with Gasteiger partial charge in [-0.15, -0.1) is 11.6 Å². The average Bonchev–Trinajstić information content (AvgIpc) is 3.63. The Morgan fingerprint density at radius 2 is 1.85 bits per heavy atom. The molecule has 3 aromatic rings. The topological polar surface area (TPSA) is 105 Å². The van der Waals surface area contributed by atoms with E-state index in [0.29, 0.717) is 29.0 Å². The number of unbranched alkanes of at least 4 members (excludes halogenated alkanes) is 1. The van der Waals surface area contributed by atoms with Crippen LogP contribution >= 0.6 is 11.6 Å². The molecule has 1 aliphatic carbocycles. The highest BCUT2D eigenvalue weighted by molar-refractivity contribution is 7.92. The number of carbonyl (C=O) groups is 1. The van der Waals surface area contributed by atoms with Crippen molar-refractivity contribution in [3.63, 3.8) is 0 Å². The largest absolute Gasteiger partial charge is 0.359 e. The lowest BCUT2D eigenvalue weighted by molar-refractivity contribution is -0.131. The van der Waals surface area contributed by atoms with Crippen LogP contribution in [0.5, 0.6) is 0 Å². The monoisotopic (exact) mass is 582 g/mol. The fourth-order valence-corrected chi connectivity index (χ4v) is 7.12. The summed E-state index contributed by atoms with van der Waals surface area (Å²) in [5, 5.41) is 3.85. The number of hydrogen-bond donors (Lipinski definition) is 1. The van der Waals surface area contributed by atoms with Crippen molar-refractivity contribution in [3.05, 3.63) is 64.9 Å². The summed E-state index contributed by atoms with van der Waals surface area (Å²) in [7, 11) is -3.98. The van der Waals surface area contributed by atoms with E-state index < -0.39 is 15.6 Å². The van der Waals surface area contributed by atoms with E-state index in [4.69, 9.17) is 21.1 Å². The molecule has 8 nitrogen and oxygen atoms in total. The van der Waals surface area contributed by atoms with Crippen LogP contribution in [0.1, 0.15) is 74.3 Å². The highest BCUT2D eigenvalue weighted by atomic mass is 35.5. The quantitative estimate of drug-likeness (QED) is 0.266. The highest BCUT2D eigenvalue weighted by Crippen LogP contribution is 2.40. The molecule has 1 spiro atoms. The lowest BCUT2D eigenvalue weighted by Gasteiger charge is -2.23.